The normalized spacial score (nSPS) is 11.0. The van der Waals surface area contributed by atoms with Gasteiger partial charge in [-0.1, -0.05) is 34.1 Å². The van der Waals surface area contributed by atoms with Gasteiger partial charge in [-0.3, -0.25) is 0 Å². The summed E-state index contributed by atoms with van der Waals surface area (Å²) in [5.41, 5.74) is 4.36. The van der Waals surface area contributed by atoms with E-state index < -0.39 is 0 Å². The Hall–Kier alpha value is -2.44. The number of aryl methyl sites for hydroxylation is 2. The van der Waals surface area contributed by atoms with Gasteiger partial charge in [-0.05, 0) is 49.2 Å². The minimum atomic E-state index is 0.782. The highest BCUT2D eigenvalue weighted by Crippen LogP contribution is 2.42. The summed E-state index contributed by atoms with van der Waals surface area (Å²) >= 11 is 5.19. The molecule has 136 valence electrons. The van der Waals surface area contributed by atoms with E-state index in [-0.39, 0.29) is 0 Å². The first-order valence-corrected chi connectivity index (χ1v) is 10.1. The van der Waals surface area contributed by atoms with Crippen molar-refractivity contribution in [1.82, 2.24) is 9.97 Å². The van der Waals surface area contributed by atoms with Gasteiger partial charge in [0.05, 0.1) is 18.2 Å². The molecule has 4 rings (SSSR count). The van der Waals surface area contributed by atoms with Crippen molar-refractivity contribution in [3.05, 3.63) is 63.7 Å². The lowest BCUT2D eigenvalue weighted by atomic mass is 10.0. The first kappa shape index (κ1) is 17.9. The summed E-state index contributed by atoms with van der Waals surface area (Å²) in [5, 5.41) is 4.50. The highest BCUT2D eigenvalue weighted by molar-refractivity contribution is 9.10. The van der Waals surface area contributed by atoms with Crippen molar-refractivity contribution in [2.75, 3.05) is 12.4 Å². The molecule has 0 fully saturated rings. The fourth-order valence-corrected chi connectivity index (χ4v) is 4.43. The number of benzene rings is 2. The van der Waals surface area contributed by atoms with Gasteiger partial charge in [0, 0.05) is 14.9 Å². The second kappa shape index (κ2) is 7.29. The summed E-state index contributed by atoms with van der Waals surface area (Å²) in [7, 11) is 1.67. The lowest BCUT2D eigenvalue weighted by Crippen LogP contribution is -1.98. The quantitative estimate of drug-likeness (QED) is 0.394. The van der Waals surface area contributed by atoms with Crippen LogP contribution in [0.4, 0.5) is 11.5 Å². The largest absolute Gasteiger partial charge is 0.495 e. The summed E-state index contributed by atoms with van der Waals surface area (Å²) in [6, 6.07) is 14.4. The van der Waals surface area contributed by atoms with Crippen LogP contribution in [-0.4, -0.2) is 17.1 Å². The average Bonchev–Trinajstić information content (AvgIpc) is 2.99. The number of hydrogen-bond donors (Lipinski definition) is 1. The molecular formula is C21H18BrN3OS. The van der Waals surface area contributed by atoms with E-state index in [1.54, 1.807) is 24.8 Å². The Balaban J connectivity index is 1.90. The zero-order valence-electron chi connectivity index (χ0n) is 15.2. The SMILES string of the molecule is COc1ccc(C)cc1Nc1ncnc2sc(C)c(-c3ccc(Br)cc3)c12. The molecule has 0 amide bonds. The lowest BCUT2D eigenvalue weighted by Gasteiger charge is -2.13. The van der Waals surface area contributed by atoms with Crippen molar-refractivity contribution in [3.63, 3.8) is 0 Å². The van der Waals surface area contributed by atoms with E-state index in [1.165, 1.54) is 4.88 Å². The fourth-order valence-electron chi connectivity index (χ4n) is 3.15. The van der Waals surface area contributed by atoms with Crippen LogP contribution >= 0.6 is 27.3 Å². The molecule has 0 saturated heterocycles. The van der Waals surface area contributed by atoms with E-state index >= 15 is 0 Å². The minimum absolute atomic E-state index is 0.782. The number of anilines is 2. The summed E-state index contributed by atoms with van der Waals surface area (Å²) in [6.07, 6.45) is 1.61. The molecule has 0 radical (unpaired) electrons. The highest BCUT2D eigenvalue weighted by atomic mass is 79.9. The molecule has 0 bridgehead atoms. The third kappa shape index (κ3) is 3.42. The first-order valence-electron chi connectivity index (χ1n) is 8.48. The molecule has 2 aromatic carbocycles. The van der Waals surface area contributed by atoms with Gasteiger partial charge in [0.25, 0.3) is 0 Å². The number of hydrogen-bond acceptors (Lipinski definition) is 5. The van der Waals surface area contributed by atoms with Crippen LogP contribution in [0.3, 0.4) is 0 Å². The van der Waals surface area contributed by atoms with Gasteiger partial charge in [0.15, 0.2) is 0 Å². The molecule has 6 heteroatoms. The van der Waals surface area contributed by atoms with Gasteiger partial charge < -0.3 is 10.1 Å². The topological polar surface area (TPSA) is 47.0 Å². The van der Waals surface area contributed by atoms with Gasteiger partial charge >= 0.3 is 0 Å². The van der Waals surface area contributed by atoms with E-state index in [0.29, 0.717) is 0 Å². The molecule has 0 aliphatic rings. The summed E-state index contributed by atoms with van der Waals surface area (Å²) < 4.78 is 6.57. The number of nitrogens with zero attached hydrogens (tertiary/aromatic N) is 2. The second-order valence-corrected chi connectivity index (χ2v) is 8.39. The van der Waals surface area contributed by atoms with E-state index in [0.717, 1.165) is 48.6 Å². The van der Waals surface area contributed by atoms with Crippen molar-refractivity contribution < 1.29 is 4.74 Å². The Morgan fingerprint density at radius 3 is 2.56 bits per heavy atom. The van der Waals surface area contributed by atoms with Crippen molar-refractivity contribution >= 4 is 49.0 Å². The van der Waals surface area contributed by atoms with Crippen LogP contribution in [0.5, 0.6) is 5.75 Å². The van der Waals surface area contributed by atoms with Crippen LogP contribution in [-0.2, 0) is 0 Å². The van der Waals surface area contributed by atoms with E-state index in [9.17, 15) is 0 Å². The molecule has 0 aliphatic heterocycles. The zero-order chi connectivity index (χ0) is 19.0. The molecule has 4 aromatic rings. The maximum Gasteiger partial charge on any atom is 0.143 e. The molecule has 0 saturated carbocycles. The Bertz CT molecular complexity index is 1120. The summed E-state index contributed by atoms with van der Waals surface area (Å²) in [6.45, 7) is 4.18. The molecule has 2 aromatic heterocycles. The van der Waals surface area contributed by atoms with Crippen LogP contribution < -0.4 is 10.1 Å². The monoisotopic (exact) mass is 439 g/mol. The predicted octanol–water partition coefficient (Wildman–Crippen LogP) is 6.49. The lowest BCUT2D eigenvalue weighted by molar-refractivity contribution is 0.416. The van der Waals surface area contributed by atoms with Gasteiger partial charge in [-0.25, -0.2) is 9.97 Å². The van der Waals surface area contributed by atoms with Crippen molar-refractivity contribution in [3.8, 4) is 16.9 Å². The number of fused-ring (bicyclic) bond motifs is 1. The van der Waals surface area contributed by atoms with Crippen molar-refractivity contribution in [2.45, 2.75) is 13.8 Å². The van der Waals surface area contributed by atoms with E-state index in [1.807, 2.05) is 12.1 Å². The maximum absolute atomic E-state index is 5.51. The predicted molar refractivity (Wildman–Crippen MR) is 116 cm³/mol. The molecule has 0 unspecified atom stereocenters. The summed E-state index contributed by atoms with van der Waals surface area (Å²) in [5.74, 6) is 1.57. The smallest absolute Gasteiger partial charge is 0.143 e. The Kier molecular flexibility index (Phi) is 4.85. The van der Waals surface area contributed by atoms with E-state index in [4.69, 9.17) is 4.74 Å². The summed E-state index contributed by atoms with van der Waals surface area (Å²) in [4.78, 5) is 11.2. The molecule has 27 heavy (non-hydrogen) atoms. The number of thiophene rings is 1. The molecule has 1 N–H and O–H groups in total. The molecule has 0 atom stereocenters. The number of halogens is 1. The van der Waals surface area contributed by atoms with Crippen LogP contribution in [0.1, 0.15) is 10.4 Å². The van der Waals surface area contributed by atoms with Crippen LogP contribution in [0.2, 0.25) is 0 Å². The average molecular weight is 440 g/mol. The Morgan fingerprint density at radius 1 is 1.04 bits per heavy atom. The number of methoxy groups -OCH3 is 1. The third-order valence-electron chi connectivity index (χ3n) is 4.41. The maximum atomic E-state index is 5.51. The zero-order valence-corrected chi connectivity index (χ0v) is 17.6. The van der Waals surface area contributed by atoms with Crippen LogP contribution in [0.25, 0.3) is 21.3 Å². The fraction of sp³-hybridized carbons (Fsp3) is 0.143. The molecular weight excluding hydrogens is 422 g/mol. The van der Waals surface area contributed by atoms with Crippen LogP contribution in [0.15, 0.2) is 53.3 Å². The van der Waals surface area contributed by atoms with Crippen LogP contribution in [0, 0.1) is 13.8 Å². The molecule has 0 aliphatic carbocycles. The van der Waals surface area contributed by atoms with Gasteiger partial charge in [0.2, 0.25) is 0 Å². The number of nitrogens with one attached hydrogen (secondary N) is 1. The molecule has 0 spiro atoms. The van der Waals surface area contributed by atoms with Gasteiger partial charge in [-0.2, -0.15) is 0 Å². The highest BCUT2D eigenvalue weighted by Gasteiger charge is 2.17. The standard InChI is InChI=1S/C21H18BrN3OS/c1-12-4-9-17(26-3)16(10-12)25-20-19-18(14-5-7-15(22)8-6-14)13(2)27-21(19)24-11-23-20/h4-11H,1-3H3,(H,23,24,25). The van der Waals surface area contributed by atoms with Crippen molar-refractivity contribution in [1.29, 1.82) is 0 Å². The number of rotatable bonds is 4. The van der Waals surface area contributed by atoms with Crippen molar-refractivity contribution in [2.24, 2.45) is 0 Å². The molecule has 2 heterocycles. The van der Waals surface area contributed by atoms with E-state index in [2.05, 4.69) is 75.4 Å². The minimum Gasteiger partial charge on any atom is -0.495 e. The molecule has 4 nitrogen and oxygen atoms in total. The number of ether oxygens (including phenoxy) is 1. The third-order valence-corrected chi connectivity index (χ3v) is 5.95. The number of aromatic nitrogens is 2. The van der Waals surface area contributed by atoms with Gasteiger partial charge in [-0.15, -0.1) is 11.3 Å². The Morgan fingerprint density at radius 2 is 1.81 bits per heavy atom. The van der Waals surface area contributed by atoms with Gasteiger partial charge in [0.1, 0.15) is 22.7 Å². The Labute approximate surface area is 170 Å². The first-order chi connectivity index (χ1) is 13.1. The second-order valence-electron chi connectivity index (χ2n) is 6.27.